The van der Waals surface area contributed by atoms with E-state index in [-0.39, 0.29) is 10.7 Å². The van der Waals surface area contributed by atoms with Gasteiger partial charge in [0.25, 0.3) is 0 Å². The fourth-order valence-corrected chi connectivity index (χ4v) is 1.90. The first-order chi connectivity index (χ1) is 9.56. The highest BCUT2D eigenvalue weighted by Gasteiger charge is 2.05. The number of benzene rings is 2. The average Bonchev–Trinajstić information content (AvgIpc) is 2.41. The van der Waals surface area contributed by atoms with Crippen molar-refractivity contribution in [2.24, 2.45) is 0 Å². The molecule has 0 atom stereocenters. The molecule has 0 heterocycles. The highest BCUT2D eigenvalue weighted by molar-refractivity contribution is 6.32. The Morgan fingerprint density at radius 3 is 2.60 bits per heavy atom. The zero-order valence-corrected chi connectivity index (χ0v) is 11.8. The van der Waals surface area contributed by atoms with E-state index in [1.54, 1.807) is 24.3 Å². The molecular formula is C15H10Cl2FNO. The van der Waals surface area contributed by atoms with Gasteiger partial charge in [0.15, 0.2) is 0 Å². The summed E-state index contributed by atoms with van der Waals surface area (Å²) in [6, 6.07) is 11.1. The quantitative estimate of drug-likeness (QED) is 0.812. The monoisotopic (exact) mass is 309 g/mol. The van der Waals surface area contributed by atoms with Crippen molar-refractivity contribution < 1.29 is 9.18 Å². The zero-order valence-electron chi connectivity index (χ0n) is 10.2. The molecule has 0 saturated heterocycles. The number of rotatable bonds is 3. The third kappa shape index (κ3) is 3.83. The highest BCUT2D eigenvalue weighted by Crippen LogP contribution is 2.19. The fraction of sp³-hybridized carbons (Fsp3) is 0. The van der Waals surface area contributed by atoms with Crippen LogP contribution in [0.15, 0.2) is 48.5 Å². The minimum absolute atomic E-state index is 0.0724. The summed E-state index contributed by atoms with van der Waals surface area (Å²) >= 11 is 11.6. The van der Waals surface area contributed by atoms with Crippen molar-refractivity contribution in [3.63, 3.8) is 0 Å². The zero-order chi connectivity index (χ0) is 14.5. The first kappa shape index (κ1) is 14.6. The van der Waals surface area contributed by atoms with E-state index in [4.69, 9.17) is 23.2 Å². The number of anilines is 1. The number of halogens is 3. The number of hydrogen-bond acceptors (Lipinski definition) is 1. The van der Waals surface area contributed by atoms with E-state index in [2.05, 4.69) is 5.32 Å². The molecular weight excluding hydrogens is 300 g/mol. The number of carbonyl (C=O) groups is 1. The summed E-state index contributed by atoms with van der Waals surface area (Å²) in [5.74, 6) is -1.04. The summed E-state index contributed by atoms with van der Waals surface area (Å²) in [5, 5.41) is 3.23. The van der Waals surface area contributed by atoms with Gasteiger partial charge in [-0.3, -0.25) is 4.79 Å². The second-order valence-electron chi connectivity index (χ2n) is 3.97. The number of hydrogen-bond donors (Lipinski definition) is 1. The van der Waals surface area contributed by atoms with Crippen molar-refractivity contribution in [1.29, 1.82) is 0 Å². The smallest absolute Gasteiger partial charge is 0.248 e. The molecule has 1 N–H and O–H groups in total. The summed E-state index contributed by atoms with van der Waals surface area (Å²) in [5.41, 5.74) is 0.782. The fourth-order valence-electron chi connectivity index (χ4n) is 1.54. The van der Waals surface area contributed by atoms with Gasteiger partial charge in [-0.1, -0.05) is 41.4 Å². The molecule has 102 valence electrons. The predicted molar refractivity (Wildman–Crippen MR) is 80.5 cm³/mol. The Kier molecular flexibility index (Phi) is 4.77. The number of amides is 1. The molecule has 0 aromatic heterocycles. The topological polar surface area (TPSA) is 29.1 Å². The Labute approximate surface area is 125 Å². The third-order valence-electron chi connectivity index (χ3n) is 2.51. The van der Waals surface area contributed by atoms with Gasteiger partial charge in [0.1, 0.15) is 5.82 Å². The molecule has 0 fully saturated rings. The summed E-state index contributed by atoms with van der Waals surface area (Å²) in [6.45, 7) is 0. The number of nitrogens with one attached hydrogen (secondary N) is 1. The van der Waals surface area contributed by atoms with Crippen LogP contribution in [0.1, 0.15) is 5.56 Å². The van der Waals surface area contributed by atoms with E-state index < -0.39 is 11.7 Å². The van der Waals surface area contributed by atoms with E-state index in [0.29, 0.717) is 10.6 Å². The van der Waals surface area contributed by atoms with Crippen LogP contribution in [0.3, 0.4) is 0 Å². The van der Waals surface area contributed by atoms with Crippen LogP contribution < -0.4 is 5.32 Å². The van der Waals surface area contributed by atoms with Crippen molar-refractivity contribution in [1.82, 2.24) is 0 Å². The van der Waals surface area contributed by atoms with Gasteiger partial charge in [0, 0.05) is 16.1 Å². The Morgan fingerprint density at radius 2 is 1.90 bits per heavy atom. The molecule has 20 heavy (non-hydrogen) atoms. The minimum Gasteiger partial charge on any atom is -0.320 e. The van der Waals surface area contributed by atoms with Crippen LogP contribution in [-0.2, 0) is 4.79 Å². The molecule has 0 aliphatic carbocycles. The standard InChI is InChI=1S/C15H10Cl2FNO/c16-11-6-7-14(13(18)9-11)19-15(20)8-5-10-3-1-2-4-12(10)17/h1-9H,(H,19,20)/b8-5+. The van der Waals surface area contributed by atoms with Crippen LogP contribution in [0.4, 0.5) is 10.1 Å². The summed E-state index contributed by atoms with van der Waals surface area (Å²) in [6.07, 6.45) is 2.85. The minimum atomic E-state index is -0.586. The van der Waals surface area contributed by atoms with E-state index in [1.807, 2.05) is 6.07 Å². The van der Waals surface area contributed by atoms with Gasteiger partial charge in [-0.15, -0.1) is 0 Å². The molecule has 0 spiro atoms. The molecule has 5 heteroatoms. The summed E-state index contributed by atoms with van der Waals surface area (Å²) < 4.78 is 13.5. The molecule has 0 aliphatic heterocycles. The first-order valence-electron chi connectivity index (χ1n) is 5.75. The van der Waals surface area contributed by atoms with E-state index in [0.717, 1.165) is 6.07 Å². The Balaban J connectivity index is 2.08. The van der Waals surface area contributed by atoms with Crippen molar-refractivity contribution in [2.45, 2.75) is 0 Å². The van der Waals surface area contributed by atoms with Gasteiger partial charge >= 0.3 is 0 Å². The lowest BCUT2D eigenvalue weighted by molar-refractivity contribution is -0.111. The molecule has 2 aromatic rings. The maximum atomic E-state index is 13.5. The molecule has 2 rings (SSSR count). The normalized spacial score (nSPS) is 10.8. The van der Waals surface area contributed by atoms with Crippen LogP contribution in [0.25, 0.3) is 6.08 Å². The molecule has 2 aromatic carbocycles. The molecule has 0 radical (unpaired) electrons. The molecule has 2 nitrogen and oxygen atoms in total. The van der Waals surface area contributed by atoms with Crippen molar-refractivity contribution in [3.8, 4) is 0 Å². The van der Waals surface area contributed by atoms with E-state index >= 15 is 0 Å². The van der Waals surface area contributed by atoms with Crippen LogP contribution in [-0.4, -0.2) is 5.91 Å². The van der Waals surface area contributed by atoms with E-state index in [9.17, 15) is 9.18 Å². The van der Waals surface area contributed by atoms with Gasteiger partial charge in [-0.2, -0.15) is 0 Å². The second kappa shape index (κ2) is 6.55. The predicted octanol–water partition coefficient (Wildman–Crippen LogP) is 4.78. The van der Waals surface area contributed by atoms with Crippen molar-refractivity contribution in [2.75, 3.05) is 5.32 Å². The van der Waals surface area contributed by atoms with Crippen LogP contribution in [0.5, 0.6) is 0 Å². The lowest BCUT2D eigenvalue weighted by Gasteiger charge is -2.04. The largest absolute Gasteiger partial charge is 0.320 e. The van der Waals surface area contributed by atoms with Gasteiger partial charge in [0.2, 0.25) is 5.91 Å². The van der Waals surface area contributed by atoms with Crippen LogP contribution in [0.2, 0.25) is 10.0 Å². The average molecular weight is 310 g/mol. The van der Waals surface area contributed by atoms with Gasteiger partial charge in [0.05, 0.1) is 5.69 Å². The molecule has 0 saturated carbocycles. The van der Waals surface area contributed by atoms with Crippen LogP contribution in [0, 0.1) is 5.82 Å². The maximum Gasteiger partial charge on any atom is 0.248 e. The second-order valence-corrected chi connectivity index (χ2v) is 4.81. The number of carbonyl (C=O) groups excluding carboxylic acids is 1. The Hall–Kier alpha value is -1.84. The van der Waals surface area contributed by atoms with Crippen molar-refractivity contribution >= 4 is 40.9 Å². The first-order valence-corrected chi connectivity index (χ1v) is 6.50. The molecule has 0 aliphatic rings. The summed E-state index contributed by atoms with van der Waals surface area (Å²) in [4.78, 5) is 11.7. The van der Waals surface area contributed by atoms with Crippen molar-refractivity contribution in [3.05, 3.63) is 70.0 Å². The highest BCUT2D eigenvalue weighted by atomic mass is 35.5. The van der Waals surface area contributed by atoms with Gasteiger partial charge in [-0.05, 0) is 35.9 Å². The lowest BCUT2D eigenvalue weighted by Crippen LogP contribution is -2.09. The third-order valence-corrected chi connectivity index (χ3v) is 3.09. The molecule has 0 unspecified atom stereocenters. The SMILES string of the molecule is O=C(/C=C/c1ccccc1Cl)Nc1ccc(Cl)cc1F. The lowest BCUT2D eigenvalue weighted by atomic mass is 10.2. The molecule has 0 bridgehead atoms. The Bertz CT molecular complexity index is 671. The summed E-state index contributed by atoms with van der Waals surface area (Å²) in [7, 11) is 0. The van der Waals surface area contributed by atoms with Crippen LogP contribution >= 0.6 is 23.2 Å². The molecule has 1 amide bonds. The maximum absolute atomic E-state index is 13.5. The van der Waals surface area contributed by atoms with Gasteiger partial charge in [-0.25, -0.2) is 4.39 Å². The van der Waals surface area contributed by atoms with E-state index in [1.165, 1.54) is 18.2 Å². The Morgan fingerprint density at radius 1 is 1.15 bits per heavy atom. The van der Waals surface area contributed by atoms with Gasteiger partial charge < -0.3 is 5.32 Å².